The van der Waals surface area contributed by atoms with Crippen molar-refractivity contribution in [2.45, 2.75) is 0 Å². The van der Waals surface area contributed by atoms with Crippen molar-refractivity contribution in [2.24, 2.45) is 0 Å². The van der Waals surface area contributed by atoms with E-state index in [0.717, 1.165) is 55.6 Å². The average molecular weight is 687 g/mol. The fraction of sp³-hybridized carbons (Fsp3) is 0. The predicted molar refractivity (Wildman–Crippen MR) is 211 cm³/mol. The van der Waals surface area contributed by atoms with E-state index in [1.54, 1.807) is 12.3 Å². The largest absolute Gasteiger partial charge is 0.458 e. The van der Waals surface area contributed by atoms with E-state index in [1.165, 1.54) is 6.20 Å². The van der Waals surface area contributed by atoms with Crippen molar-refractivity contribution < 1.29 is 16.2 Å². The molecule has 10 aromatic rings. The van der Waals surface area contributed by atoms with Gasteiger partial charge in [-0.25, -0.2) is 4.98 Å². The van der Waals surface area contributed by atoms with Gasteiger partial charge in [0.1, 0.15) is 17.3 Å². The molecular weight excluding hydrogens is 651 g/mol. The molecule has 0 saturated carbocycles. The third kappa shape index (κ3) is 5.41. The number of rotatable bonds is 7. The summed E-state index contributed by atoms with van der Waals surface area (Å²) in [7, 11) is 0. The lowest BCUT2D eigenvalue weighted by Gasteiger charge is -2.11. The van der Waals surface area contributed by atoms with E-state index in [1.807, 2.05) is 118 Å². The lowest BCUT2D eigenvalue weighted by Crippen LogP contribution is -2.30. The molecule has 0 unspecified atom stereocenters. The van der Waals surface area contributed by atoms with Gasteiger partial charge in [0.25, 0.3) is 6.33 Å². The first-order valence-electron chi connectivity index (χ1n) is 19.7. The molecule has 0 spiro atoms. The van der Waals surface area contributed by atoms with Crippen LogP contribution in [0.15, 0.2) is 188 Å². The Bertz CT molecular complexity index is 3200. The van der Waals surface area contributed by atoms with Gasteiger partial charge in [-0.15, -0.1) is 0 Å². The van der Waals surface area contributed by atoms with E-state index in [4.69, 9.17) is 16.6 Å². The molecule has 250 valence electrons. The second-order valence-electron chi connectivity index (χ2n) is 12.5. The van der Waals surface area contributed by atoms with E-state index in [9.17, 15) is 0 Å². The molecule has 0 bridgehead atoms. The molecule has 0 fully saturated rings. The minimum Gasteiger partial charge on any atom is -0.458 e. The summed E-state index contributed by atoms with van der Waals surface area (Å²) in [5.41, 5.74) is 7.35. The van der Waals surface area contributed by atoms with Crippen LogP contribution in [0.2, 0.25) is 0 Å². The summed E-state index contributed by atoms with van der Waals surface area (Å²) in [6.07, 6.45) is 6.61. The van der Waals surface area contributed by atoms with Crippen LogP contribution in [0, 0.1) is 6.33 Å². The fourth-order valence-corrected chi connectivity index (χ4v) is 6.99. The van der Waals surface area contributed by atoms with Gasteiger partial charge in [-0.3, -0.25) is 18.7 Å². The minimum atomic E-state index is -0.449. The maximum Gasteiger partial charge on any atom is 0.269 e. The predicted octanol–water partition coefficient (Wildman–Crippen LogP) is 10.7. The number of fused-ring (bicyclic) bond motifs is 4. The number of imidazole rings is 1. The van der Waals surface area contributed by atoms with Gasteiger partial charge in [-0.2, -0.15) is 0 Å². The number of benzene rings is 6. The molecule has 6 aromatic carbocycles. The Labute approximate surface area is 313 Å². The van der Waals surface area contributed by atoms with Crippen molar-refractivity contribution in [3.8, 4) is 51.1 Å². The molecular formula is C47H31N5O. The topological polar surface area (TPSA) is 48.8 Å². The molecule has 0 amide bonds. The van der Waals surface area contributed by atoms with E-state index in [-0.39, 0.29) is 17.6 Å². The third-order valence-corrected chi connectivity index (χ3v) is 9.36. The van der Waals surface area contributed by atoms with Crippen molar-refractivity contribution in [1.82, 2.24) is 19.1 Å². The number of hydrogen-bond donors (Lipinski definition) is 0. The smallest absolute Gasteiger partial charge is 0.269 e. The normalized spacial score (nSPS) is 12.7. The summed E-state index contributed by atoms with van der Waals surface area (Å²) in [4.78, 5) is 9.39. The van der Waals surface area contributed by atoms with Crippen LogP contribution in [0.1, 0.15) is 6.85 Å². The Morgan fingerprint density at radius 2 is 1.40 bits per heavy atom. The Hall–Kier alpha value is -7.31. The zero-order chi connectivity index (χ0) is 39.5. The first-order valence-corrected chi connectivity index (χ1v) is 17.2. The highest BCUT2D eigenvalue weighted by atomic mass is 16.5. The summed E-state index contributed by atoms with van der Waals surface area (Å²) in [5, 5.41) is 2.20. The van der Waals surface area contributed by atoms with Crippen molar-refractivity contribution in [1.29, 1.82) is 0 Å². The van der Waals surface area contributed by atoms with Gasteiger partial charge >= 0.3 is 0 Å². The number of ether oxygens (including phenoxy) is 1. The van der Waals surface area contributed by atoms with Gasteiger partial charge in [-0.1, -0.05) is 115 Å². The average Bonchev–Trinajstić information content (AvgIpc) is 3.82. The molecule has 0 radical (unpaired) electrons. The maximum atomic E-state index is 8.68. The summed E-state index contributed by atoms with van der Waals surface area (Å²) in [6.45, 7) is 0. The Balaban J connectivity index is 1.05. The molecule has 10 rings (SSSR count). The molecule has 0 atom stereocenters. The molecule has 4 aromatic heterocycles. The van der Waals surface area contributed by atoms with Crippen LogP contribution < -0.4 is 9.30 Å². The van der Waals surface area contributed by atoms with Gasteiger partial charge in [0.2, 0.25) is 0 Å². The van der Waals surface area contributed by atoms with Crippen molar-refractivity contribution in [2.75, 3.05) is 0 Å². The van der Waals surface area contributed by atoms with Gasteiger partial charge < -0.3 is 4.74 Å². The minimum absolute atomic E-state index is 0.0675. The molecule has 0 N–H and O–H groups in total. The Kier molecular flexibility index (Phi) is 6.18. The molecule has 0 aliphatic rings. The summed E-state index contributed by atoms with van der Waals surface area (Å²) in [5.74, 6) is 2.08. The number of hydrogen-bond acceptors (Lipinski definition) is 3. The second-order valence-corrected chi connectivity index (χ2v) is 12.5. The van der Waals surface area contributed by atoms with E-state index in [2.05, 4.69) is 46.2 Å². The van der Waals surface area contributed by atoms with Crippen LogP contribution in [-0.4, -0.2) is 19.1 Å². The van der Waals surface area contributed by atoms with Crippen LogP contribution in [0.5, 0.6) is 11.5 Å². The zero-order valence-electron chi connectivity index (χ0n) is 33.2. The van der Waals surface area contributed by atoms with Crippen molar-refractivity contribution in [3.63, 3.8) is 0 Å². The molecule has 53 heavy (non-hydrogen) atoms. The Morgan fingerprint density at radius 3 is 2.30 bits per heavy atom. The van der Waals surface area contributed by atoms with Crippen molar-refractivity contribution >= 4 is 32.8 Å². The lowest BCUT2D eigenvalue weighted by atomic mass is 10.1. The molecule has 6 heteroatoms. The quantitative estimate of drug-likeness (QED) is 0.124. The number of pyridine rings is 2. The second kappa shape index (κ2) is 12.8. The molecule has 0 aliphatic carbocycles. The van der Waals surface area contributed by atoms with Gasteiger partial charge in [0.05, 0.1) is 46.0 Å². The molecule has 6 nitrogen and oxygen atoms in total. The van der Waals surface area contributed by atoms with E-state index in [0.29, 0.717) is 22.7 Å². The highest BCUT2D eigenvalue weighted by molar-refractivity contribution is 6.09. The molecule has 4 heterocycles. The number of para-hydroxylation sites is 3. The maximum absolute atomic E-state index is 8.68. The van der Waals surface area contributed by atoms with Crippen LogP contribution in [0.3, 0.4) is 0 Å². The SMILES string of the molecule is [2H]c1c([2H])c([2H])c(-c2cnccc2-[n+]2[c-]n(-c3cccc(Oc4ccc5c6ccccc6n(-c6cccc(-c7ccccc7)n6)c5c4)c3)c3ccccc32)c([2H])c1[2H]. The van der Waals surface area contributed by atoms with E-state index >= 15 is 0 Å². The van der Waals surface area contributed by atoms with Crippen molar-refractivity contribution in [3.05, 3.63) is 195 Å². The highest BCUT2D eigenvalue weighted by Crippen LogP contribution is 2.36. The van der Waals surface area contributed by atoms with E-state index < -0.39 is 18.1 Å². The van der Waals surface area contributed by atoms with Crippen LogP contribution >= 0.6 is 0 Å². The fourth-order valence-electron chi connectivity index (χ4n) is 6.99. The lowest BCUT2D eigenvalue weighted by molar-refractivity contribution is -0.571. The van der Waals surface area contributed by atoms with Gasteiger partial charge in [-0.05, 0) is 60.2 Å². The number of aromatic nitrogens is 5. The van der Waals surface area contributed by atoms with Gasteiger partial charge in [0, 0.05) is 40.4 Å². The standard InChI is InChI=1S/C47H31N5O/c1-3-13-33(14-4-1)40-31-48-28-27-42(40)51-32-50(44-22-9-10-23-45(44)51)35-17-11-18-36(29-35)53-37-25-26-39-38-19-7-8-21-43(38)52(46(39)30-37)47-24-12-20-41(49-47)34-15-5-2-6-16-34/h1-31H/i1D,3D,4D,13D,14D. The van der Waals surface area contributed by atoms with Crippen LogP contribution in [0.25, 0.3) is 72.4 Å². The molecule has 0 aliphatic heterocycles. The van der Waals surface area contributed by atoms with Crippen LogP contribution in [0.4, 0.5) is 0 Å². The Morgan fingerprint density at radius 1 is 0.623 bits per heavy atom. The zero-order valence-corrected chi connectivity index (χ0v) is 28.2. The third-order valence-electron chi connectivity index (χ3n) is 9.36. The summed E-state index contributed by atoms with van der Waals surface area (Å²) < 4.78 is 54.6. The molecule has 0 saturated heterocycles. The first-order chi connectivity index (χ1) is 28.4. The number of nitrogens with zero attached hydrogens (tertiary/aromatic N) is 5. The van der Waals surface area contributed by atoms with Crippen LogP contribution in [-0.2, 0) is 0 Å². The van der Waals surface area contributed by atoms with Gasteiger partial charge in [0.15, 0.2) is 0 Å². The first kappa shape index (κ1) is 25.6. The summed E-state index contributed by atoms with van der Waals surface area (Å²) in [6, 6.07) is 46.1. The monoisotopic (exact) mass is 686 g/mol. The highest BCUT2D eigenvalue weighted by Gasteiger charge is 2.17. The summed E-state index contributed by atoms with van der Waals surface area (Å²) >= 11 is 0.